The number of pyridine rings is 1. The first kappa shape index (κ1) is 20.6. The molecule has 0 amide bonds. The van der Waals surface area contributed by atoms with E-state index in [1.54, 1.807) is 16.8 Å². The van der Waals surface area contributed by atoms with Crippen LogP contribution in [0.15, 0.2) is 30.4 Å². The van der Waals surface area contributed by atoms with Crippen molar-refractivity contribution >= 4 is 57.6 Å². The molecule has 2 bridgehead atoms. The number of nitrogens with two attached hydrogens (primary N) is 1. The number of ether oxygens (including phenoxy) is 2. The van der Waals surface area contributed by atoms with Gasteiger partial charge in [0.1, 0.15) is 5.69 Å². The van der Waals surface area contributed by atoms with Gasteiger partial charge in [-0.15, -0.1) is 0 Å². The smallest absolute Gasteiger partial charge is 0.337 e. The van der Waals surface area contributed by atoms with Crippen molar-refractivity contribution < 1.29 is 19.1 Å². The molecule has 2 N–H and O–H groups in total. The third-order valence-corrected chi connectivity index (χ3v) is 5.59. The predicted octanol–water partition coefficient (Wildman–Crippen LogP) is 3.79. The maximum Gasteiger partial charge on any atom is 0.337 e. The number of fused-ring (bicyclic) bond motifs is 4. The van der Waals surface area contributed by atoms with Gasteiger partial charge in [-0.05, 0) is 25.1 Å². The predicted molar refractivity (Wildman–Crippen MR) is 112 cm³/mol. The van der Waals surface area contributed by atoms with Gasteiger partial charge in [-0.3, -0.25) is 4.68 Å². The second kappa shape index (κ2) is 8.23. The fourth-order valence-electron chi connectivity index (χ4n) is 2.98. The molecule has 8 nitrogen and oxygen atoms in total. The van der Waals surface area contributed by atoms with Gasteiger partial charge in [-0.25, -0.2) is 9.59 Å². The maximum absolute atomic E-state index is 12.1. The Labute approximate surface area is 185 Å². The molecule has 0 unspecified atom stereocenters. The molecule has 1 aliphatic heterocycles. The number of aromatic nitrogens is 3. The average Bonchev–Trinajstić information content (AvgIpc) is 3.08. The van der Waals surface area contributed by atoms with Crippen molar-refractivity contribution in [1.29, 1.82) is 0 Å². The highest BCUT2D eigenvalue weighted by atomic mass is 35.5. The fourth-order valence-corrected chi connectivity index (χ4v) is 3.60. The molecule has 4 rings (SSSR count). The number of carbonyl (C=O) groups is 2. The summed E-state index contributed by atoms with van der Waals surface area (Å²) >= 11 is 18.7. The molecule has 0 saturated carbocycles. The molecule has 2 aromatic heterocycles. The van der Waals surface area contributed by atoms with Crippen molar-refractivity contribution in [2.45, 2.75) is 13.0 Å². The van der Waals surface area contributed by atoms with Gasteiger partial charge in [-0.2, -0.15) is 10.1 Å². The zero-order chi connectivity index (χ0) is 21.4. The van der Waals surface area contributed by atoms with Gasteiger partial charge in [0, 0.05) is 30.3 Å². The molecule has 1 aromatic carbocycles. The molecule has 154 valence electrons. The summed E-state index contributed by atoms with van der Waals surface area (Å²) < 4.78 is 12.2. The zero-order valence-corrected chi connectivity index (χ0v) is 17.5. The summed E-state index contributed by atoms with van der Waals surface area (Å²) in [4.78, 5) is 28.1. The van der Waals surface area contributed by atoms with Crippen LogP contribution in [0.5, 0.6) is 11.8 Å². The number of carbonyl (C=O) groups excluding carboxylic acids is 2. The number of halogens is 3. The molecule has 0 fully saturated rings. The molecule has 3 aromatic rings. The summed E-state index contributed by atoms with van der Waals surface area (Å²) in [5, 5.41) is 5.66. The minimum atomic E-state index is -0.791. The van der Waals surface area contributed by atoms with E-state index in [4.69, 9.17) is 50.0 Å². The molecule has 1 aliphatic rings. The average molecular weight is 468 g/mol. The standard InChI is InChI=1S/C19H13Cl3N4O4/c20-10-3-2-9(16(21)17(10)22)18-15-11(26(25-18)7-1-6-23)8-12-24-19(15)30-14(28)5-4-13(27)29-12/h2-5,8H,1,6-7,23H2/b5-4+. The molecule has 30 heavy (non-hydrogen) atoms. The highest BCUT2D eigenvalue weighted by Crippen LogP contribution is 2.42. The summed E-state index contributed by atoms with van der Waals surface area (Å²) in [6.07, 6.45) is 2.54. The van der Waals surface area contributed by atoms with E-state index >= 15 is 0 Å². The zero-order valence-electron chi connectivity index (χ0n) is 15.2. The third-order valence-electron chi connectivity index (χ3n) is 4.30. The largest absolute Gasteiger partial charge is 0.404 e. The third kappa shape index (κ3) is 3.75. The monoisotopic (exact) mass is 466 g/mol. The van der Waals surface area contributed by atoms with Crippen LogP contribution in [-0.4, -0.2) is 33.2 Å². The van der Waals surface area contributed by atoms with Crippen molar-refractivity contribution in [1.82, 2.24) is 14.8 Å². The Balaban J connectivity index is 2.02. The van der Waals surface area contributed by atoms with Crippen molar-refractivity contribution in [2.75, 3.05) is 6.54 Å². The Kier molecular flexibility index (Phi) is 5.66. The first-order chi connectivity index (χ1) is 14.4. The fraction of sp³-hybridized carbons (Fsp3) is 0.158. The van der Waals surface area contributed by atoms with Crippen molar-refractivity contribution in [3.8, 4) is 23.0 Å². The quantitative estimate of drug-likeness (QED) is 0.459. The molecule has 11 heteroatoms. The van der Waals surface area contributed by atoms with E-state index in [1.807, 2.05) is 0 Å². The Morgan fingerprint density at radius 2 is 1.77 bits per heavy atom. The minimum absolute atomic E-state index is 0.0393. The maximum atomic E-state index is 12.1. The van der Waals surface area contributed by atoms with Gasteiger partial charge >= 0.3 is 11.9 Å². The van der Waals surface area contributed by atoms with E-state index in [9.17, 15) is 9.59 Å². The van der Waals surface area contributed by atoms with Crippen LogP contribution in [0.25, 0.3) is 22.2 Å². The minimum Gasteiger partial charge on any atom is -0.404 e. The van der Waals surface area contributed by atoms with E-state index in [-0.39, 0.29) is 26.8 Å². The van der Waals surface area contributed by atoms with Gasteiger partial charge < -0.3 is 15.2 Å². The van der Waals surface area contributed by atoms with Crippen LogP contribution in [0.2, 0.25) is 15.1 Å². The van der Waals surface area contributed by atoms with E-state index in [2.05, 4.69) is 10.1 Å². The summed E-state index contributed by atoms with van der Waals surface area (Å²) in [7, 11) is 0. The van der Waals surface area contributed by atoms with Crippen LogP contribution >= 0.6 is 34.8 Å². The highest BCUT2D eigenvalue weighted by Gasteiger charge is 2.25. The molecule has 0 atom stereocenters. The Hall–Kier alpha value is -2.65. The molecule has 0 spiro atoms. The van der Waals surface area contributed by atoms with Crippen LogP contribution in [-0.2, 0) is 16.1 Å². The number of hydrogen-bond acceptors (Lipinski definition) is 7. The van der Waals surface area contributed by atoms with Crippen LogP contribution in [0.3, 0.4) is 0 Å². The van der Waals surface area contributed by atoms with Gasteiger partial charge in [0.15, 0.2) is 0 Å². The molecular formula is C19H13Cl3N4O4. The Morgan fingerprint density at radius 1 is 1.03 bits per heavy atom. The van der Waals surface area contributed by atoms with Gasteiger partial charge in [0.05, 0.1) is 26.0 Å². The highest BCUT2D eigenvalue weighted by molar-refractivity contribution is 6.49. The molecule has 0 aliphatic carbocycles. The van der Waals surface area contributed by atoms with Gasteiger partial charge in [0.2, 0.25) is 11.8 Å². The second-order valence-corrected chi connectivity index (χ2v) is 7.44. The number of aryl methyl sites for hydroxylation is 1. The second-order valence-electron chi connectivity index (χ2n) is 6.27. The van der Waals surface area contributed by atoms with Crippen LogP contribution in [0.4, 0.5) is 0 Å². The summed E-state index contributed by atoms with van der Waals surface area (Å²) in [6, 6.07) is 4.77. The van der Waals surface area contributed by atoms with Crippen molar-refractivity contribution in [3.63, 3.8) is 0 Å². The SMILES string of the molecule is NCCCn1nc(-c2ccc(Cl)c(Cl)c2Cl)c2c3nc(cc21)OC(=O)/C=C/C(=O)O3. The van der Waals surface area contributed by atoms with Crippen LogP contribution in [0, 0.1) is 0 Å². The number of rotatable bonds is 4. The lowest BCUT2D eigenvalue weighted by Gasteiger charge is -2.08. The summed E-state index contributed by atoms with van der Waals surface area (Å²) in [5.41, 5.74) is 7.01. The molecule has 0 saturated heterocycles. The van der Waals surface area contributed by atoms with E-state index in [0.717, 1.165) is 12.2 Å². The summed E-state index contributed by atoms with van der Waals surface area (Å²) in [6.45, 7) is 0.887. The van der Waals surface area contributed by atoms with Gasteiger partial charge in [-0.1, -0.05) is 34.8 Å². The molecular weight excluding hydrogens is 455 g/mol. The number of hydrogen-bond donors (Lipinski definition) is 1. The lowest BCUT2D eigenvalue weighted by atomic mass is 10.1. The summed E-state index contributed by atoms with van der Waals surface area (Å²) in [5.74, 6) is -1.67. The van der Waals surface area contributed by atoms with Crippen LogP contribution in [0.1, 0.15) is 6.42 Å². The number of benzene rings is 1. The van der Waals surface area contributed by atoms with Gasteiger partial charge in [0.25, 0.3) is 0 Å². The Bertz CT molecular complexity index is 1220. The molecule has 3 heterocycles. The normalized spacial score (nSPS) is 14.7. The lowest BCUT2D eigenvalue weighted by Crippen LogP contribution is -2.08. The van der Waals surface area contributed by atoms with E-state index < -0.39 is 11.9 Å². The van der Waals surface area contributed by atoms with Crippen molar-refractivity contribution in [2.24, 2.45) is 5.73 Å². The topological polar surface area (TPSA) is 109 Å². The molecule has 0 radical (unpaired) electrons. The number of nitrogens with zero attached hydrogens (tertiary/aromatic N) is 3. The van der Waals surface area contributed by atoms with Crippen LogP contribution < -0.4 is 15.2 Å². The Morgan fingerprint density at radius 3 is 2.50 bits per heavy atom. The lowest BCUT2D eigenvalue weighted by molar-refractivity contribution is -0.131. The van der Waals surface area contributed by atoms with E-state index in [1.165, 1.54) is 6.07 Å². The van der Waals surface area contributed by atoms with E-state index in [0.29, 0.717) is 41.7 Å². The number of esters is 2. The first-order valence-corrected chi connectivity index (χ1v) is 9.89. The van der Waals surface area contributed by atoms with Crippen molar-refractivity contribution in [3.05, 3.63) is 45.4 Å². The first-order valence-electron chi connectivity index (χ1n) is 8.76.